The zero-order valence-corrected chi connectivity index (χ0v) is 23.7. The molecule has 7 N–H and O–H groups in total. The van der Waals surface area contributed by atoms with Crippen LogP contribution in [0.15, 0.2) is 12.4 Å². The van der Waals surface area contributed by atoms with Gasteiger partial charge in [0.25, 0.3) is 0 Å². The highest BCUT2D eigenvalue weighted by molar-refractivity contribution is 5.84. The number of rotatable bonds is 19. The topological polar surface area (TPSA) is 240 Å². The number of carboxylic acid groups (broad SMARTS) is 4. The number of carboxylic acids is 4. The smallest absolute Gasteiger partial charge is 0.326 e. The molecule has 16 nitrogen and oxygen atoms in total. The van der Waals surface area contributed by atoms with E-state index >= 15 is 0 Å². The Morgan fingerprint density at radius 3 is 2.17 bits per heavy atom. The van der Waals surface area contributed by atoms with Crippen molar-refractivity contribution < 1.29 is 49.2 Å². The Morgan fingerprint density at radius 1 is 0.951 bits per heavy atom. The van der Waals surface area contributed by atoms with E-state index in [-0.39, 0.29) is 44.9 Å². The van der Waals surface area contributed by atoms with Crippen LogP contribution in [0.4, 0.5) is 4.79 Å². The number of aromatic nitrogens is 2. The summed E-state index contributed by atoms with van der Waals surface area (Å²) in [5.74, 6) is -4.63. The molecule has 0 bridgehead atoms. The molecule has 0 aromatic carbocycles. The Labute approximate surface area is 237 Å². The summed E-state index contributed by atoms with van der Waals surface area (Å²) < 4.78 is 1.41. The van der Waals surface area contributed by atoms with Crippen LogP contribution in [0.2, 0.25) is 0 Å². The van der Waals surface area contributed by atoms with E-state index in [2.05, 4.69) is 15.6 Å². The maximum Gasteiger partial charge on any atom is 0.326 e. The lowest BCUT2D eigenvalue weighted by Gasteiger charge is -2.42. The molecule has 1 aromatic heterocycles. The van der Waals surface area contributed by atoms with Gasteiger partial charge >= 0.3 is 29.9 Å². The second-order valence-corrected chi connectivity index (χ2v) is 10.9. The standard InChI is InChI=1S/C25H40N6O10/c1-24(2,22(40)27-8-6-5-7-16(21(38)39)29-23(41)28-11-18(32)33)15-25(3,4)31(14-20(36)37)12-17-26-9-10-30(17)13-19(34)35/h9-10,16H,5-8,11-15H2,1-4H3,(H,27,40)(H,32,33)(H,34,35)(H,36,37)(H,38,39)(H2,28,29,41). The molecule has 3 amide bonds. The fourth-order valence-corrected chi connectivity index (χ4v) is 4.41. The van der Waals surface area contributed by atoms with Gasteiger partial charge in [0, 0.05) is 29.9 Å². The molecule has 0 spiro atoms. The summed E-state index contributed by atoms with van der Waals surface area (Å²) in [4.78, 5) is 75.2. The highest BCUT2D eigenvalue weighted by Gasteiger charge is 2.39. The number of carbonyl (C=O) groups excluding carboxylic acids is 2. The van der Waals surface area contributed by atoms with Crippen molar-refractivity contribution in [2.24, 2.45) is 5.41 Å². The Morgan fingerprint density at radius 2 is 1.61 bits per heavy atom. The molecule has 0 radical (unpaired) electrons. The van der Waals surface area contributed by atoms with E-state index < -0.39 is 53.4 Å². The molecule has 1 aromatic rings. The monoisotopic (exact) mass is 584 g/mol. The van der Waals surface area contributed by atoms with Crippen LogP contribution in [0.5, 0.6) is 0 Å². The molecule has 0 saturated heterocycles. The van der Waals surface area contributed by atoms with Gasteiger partial charge in [-0.1, -0.05) is 13.8 Å². The molecule has 230 valence electrons. The minimum atomic E-state index is -1.28. The second kappa shape index (κ2) is 15.5. The summed E-state index contributed by atoms with van der Waals surface area (Å²) in [7, 11) is 0. The van der Waals surface area contributed by atoms with Crippen molar-refractivity contribution in [1.82, 2.24) is 30.4 Å². The molecule has 0 aliphatic rings. The van der Waals surface area contributed by atoms with Gasteiger partial charge in [-0.25, -0.2) is 14.6 Å². The van der Waals surface area contributed by atoms with Gasteiger partial charge in [-0.05, 0) is 39.5 Å². The Kier molecular flexibility index (Phi) is 13.2. The largest absolute Gasteiger partial charge is 0.480 e. The third-order valence-corrected chi connectivity index (χ3v) is 6.32. The minimum Gasteiger partial charge on any atom is -0.480 e. The van der Waals surface area contributed by atoms with E-state index in [1.54, 1.807) is 32.6 Å². The Bertz CT molecular complexity index is 1100. The van der Waals surface area contributed by atoms with E-state index in [9.17, 15) is 39.0 Å². The number of aliphatic carboxylic acids is 4. The van der Waals surface area contributed by atoms with Crippen molar-refractivity contribution >= 4 is 35.8 Å². The lowest BCUT2D eigenvalue weighted by Crippen LogP contribution is -2.51. The Balaban J connectivity index is 2.71. The first-order chi connectivity index (χ1) is 18.9. The second-order valence-electron chi connectivity index (χ2n) is 10.9. The molecule has 0 aliphatic heterocycles. The summed E-state index contributed by atoms with van der Waals surface area (Å²) >= 11 is 0. The van der Waals surface area contributed by atoms with Crippen molar-refractivity contribution in [2.75, 3.05) is 19.6 Å². The van der Waals surface area contributed by atoms with Gasteiger partial charge in [-0.3, -0.25) is 24.1 Å². The van der Waals surface area contributed by atoms with Crippen molar-refractivity contribution in [2.45, 2.75) is 78.0 Å². The summed E-state index contributed by atoms with van der Waals surface area (Å²) in [5.41, 5.74) is -1.76. The van der Waals surface area contributed by atoms with E-state index in [1.165, 1.54) is 17.0 Å². The van der Waals surface area contributed by atoms with Gasteiger partial charge in [-0.15, -0.1) is 0 Å². The lowest BCUT2D eigenvalue weighted by atomic mass is 9.78. The predicted octanol–water partition coefficient (Wildman–Crippen LogP) is 0.173. The van der Waals surface area contributed by atoms with Gasteiger partial charge in [0.2, 0.25) is 5.91 Å². The van der Waals surface area contributed by atoms with Crippen molar-refractivity contribution in [3.05, 3.63) is 18.2 Å². The molecule has 1 heterocycles. The fourth-order valence-electron chi connectivity index (χ4n) is 4.41. The SMILES string of the molecule is CC(C)(CC(C)(C)N(CC(=O)O)Cc1nccn1CC(=O)O)C(=O)NCCCCC(NC(=O)NCC(=O)O)C(=O)O. The molecular formula is C25H40N6O10. The number of unbranched alkanes of at least 4 members (excludes halogenated alkanes) is 1. The van der Waals surface area contributed by atoms with E-state index in [0.717, 1.165) is 0 Å². The van der Waals surface area contributed by atoms with Crippen LogP contribution >= 0.6 is 0 Å². The number of hydrogen-bond donors (Lipinski definition) is 7. The maximum atomic E-state index is 13.0. The first-order valence-electron chi connectivity index (χ1n) is 12.9. The fraction of sp³-hybridized carbons (Fsp3) is 0.640. The molecule has 0 fully saturated rings. The average Bonchev–Trinajstić information content (AvgIpc) is 3.25. The lowest BCUT2D eigenvalue weighted by molar-refractivity contribution is -0.142. The molecule has 0 saturated carbocycles. The first-order valence-corrected chi connectivity index (χ1v) is 12.9. The predicted molar refractivity (Wildman–Crippen MR) is 143 cm³/mol. The minimum absolute atomic E-state index is 0.0460. The summed E-state index contributed by atoms with van der Waals surface area (Å²) in [5, 5.41) is 43.5. The van der Waals surface area contributed by atoms with Crippen LogP contribution < -0.4 is 16.0 Å². The van der Waals surface area contributed by atoms with Crippen molar-refractivity contribution in [3.63, 3.8) is 0 Å². The zero-order chi connectivity index (χ0) is 31.4. The van der Waals surface area contributed by atoms with Gasteiger partial charge in [0.1, 0.15) is 25.0 Å². The number of imidazole rings is 1. The van der Waals surface area contributed by atoms with Crippen molar-refractivity contribution in [3.8, 4) is 0 Å². The van der Waals surface area contributed by atoms with Crippen molar-refractivity contribution in [1.29, 1.82) is 0 Å². The van der Waals surface area contributed by atoms with Crippen LogP contribution in [-0.2, 0) is 37.1 Å². The number of amides is 3. The quantitative estimate of drug-likeness (QED) is 0.108. The van der Waals surface area contributed by atoms with E-state index in [4.69, 9.17) is 10.2 Å². The van der Waals surface area contributed by atoms with Gasteiger partial charge in [0.15, 0.2) is 0 Å². The Hall–Kier alpha value is -4.21. The number of hydrogen-bond acceptors (Lipinski definition) is 8. The maximum absolute atomic E-state index is 13.0. The molecule has 1 atom stereocenters. The van der Waals surface area contributed by atoms with Crippen LogP contribution in [0, 0.1) is 5.41 Å². The zero-order valence-electron chi connectivity index (χ0n) is 23.7. The van der Waals surface area contributed by atoms with Crippen LogP contribution in [0.25, 0.3) is 0 Å². The molecule has 1 unspecified atom stereocenters. The number of carbonyl (C=O) groups is 6. The first kappa shape index (κ1) is 34.8. The number of nitrogens with one attached hydrogen (secondary N) is 3. The summed E-state index contributed by atoms with van der Waals surface area (Å²) in [6, 6.07) is -2.15. The van der Waals surface area contributed by atoms with Crippen LogP contribution in [0.3, 0.4) is 0 Å². The van der Waals surface area contributed by atoms with Gasteiger partial charge in [-0.2, -0.15) is 0 Å². The normalized spacial score (nSPS) is 12.4. The highest BCUT2D eigenvalue weighted by atomic mass is 16.4. The highest BCUT2D eigenvalue weighted by Crippen LogP contribution is 2.33. The molecule has 16 heteroatoms. The molecular weight excluding hydrogens is 544 g/mol. The van der Waals surface area contributed by atoms with Crippen LogP contribution in [-0.4, -0.2) is 102 Å². The average molecular weight is 585 g/mol. The van der Waals surface area contributed by atoms with Gasteiger partial charge < -0.3 is 40.9 Å². The van der Waals surface area contributed by atoms with E-state index in [0.29, 0.717) is 18.7 Å². The molecule has 1 rings (SSSR count). The van der Waals surface area contributed by atoms with Gasteiger partial charge in [0.05, 0.1) is 13.1 Å². The number of urea groups is 1. The molecule has 0 aliphatic carbocycles. The van der Waals surface area contributed by atoms with Crippen LogP contribution in [0.1, 0.15) is 59.2 Å². The summed E-state index contributed by atoms with van der Waals surface area (Å²) in [6.07, 6.45) is 3.99. The summed E-state index contributed by atoms with van der Waals surface area (Å²) in [6.45, 7) is 5.95. The third-order valence-electron chi connectivity index (χ3n) is 6.32. The molecule has 41 heavy (non-hydrogen) atoms. The number of nitrogens with zero attached hydrogens (tertiary/aromatic N) is 3. The van der Waals surface area contributed by atoms with E-state index in [1.807, 2.05) is 5.32 Å². The third kappa shape index (κ3) is 12.7.